The highest BCUT2D eigenvalue weighted by Crippen LogP contribution is 2.30. The van der Waals surface area contributed by atoms with Gasteiger partial charge in [0.2, 0.25) is 15.9 Å². The number of nitrogens with zero attached hydrogens (tertiary/aromatic N) is 2. The van der Waals surface area contributed by atoms with Crippen LogP contribution in [0.25, 0.3) is 0 Å². The molecule has 0 aliphatic carbocycles. The van der Waals surface area contributed by atoms with Crippen LogP contribution in [0.2, 0.25) is 0 Å². The van der Waals surface area contributed by atoms with Gasteiger partial charge in [-0.1, -0.05) is 6.07 Å². The lowest BCUT2D eigenvalue weighted by molar-refractivity contribution is -0.116. The summed E-state index contributed by atoms with van der Waals surface area (Å²) in [6.07, 6.45) is 3.93. The summed E-state index contributed by atoms with van der Waals surface area (Å²) in [7, 11) is -3.60. The zero-order valence-electron chi connectivity index (χ0n) is 12.7. The van der Waals surface area contributed by atoms with E-state index in [1.807, 2.05) is 6.07 Å². The van der Waals surface area contributed by atoms with Crippen LogP contribution < -0.4 is 9.62 Å². The molecule has 3 rings (SSSR count). The van der Waals surface area contributed by atoms with Crippen LogP contribution >= 0.6 is 0 Å². The van der Waals surface area contributed by atoms with E-state index >= 15 is 0 Å². The number of pyridine rings is 1. The molecule has 0 spiro atoms. The molecule has 2 aromatic rings. The van der Waals surface area contributed by atoms with Gasteiger partial charge in [-0.25, -0.2) is 13.1 Å². The predicted molar refractivity (Wildman–Crippen MR) is 86.4 cm³/mol. The number of fused-ring (bicyclic) bond motifs is 1. The number of carbonyl (C=O) groups is 1. The summed E-state index contributed by atoms with van der Waals surface area (Å²) >= 11 is 0. The van der Waals surface area contributed by atoms with Gasteiger partial charge in [-0.2, -0.15) is 0 Å². The average Bonchev–Trinajstić information content (AvgIpc) is 2.97. The minimum Gasteiger partial charge on any atom is -0.312 e. The number of aromatic nitrogens is 1. The number of hydrogen-bond acceptors (Lipinski definition) is 4. The minimum absolute atomic E-state index is 0.0333. The van der Waals surface area contributed by atoms with Crippen LogP contribution in [0.15, 0.2) is 47.6 Å². The first kappa shape index (κ1) is 15.6. The standard InChI is InChI=1S/C16H17N3O3S/c1-12(20)19-8-6-14-9-15(4-5-16(14)19)23(21,22)18-11-13-3-2-7-17-10-13/h2-5,7,9-10,18H,6,8,11H2,1H3. The molecule has 0 saturated carbocycles. The van der Waals surface area contributed by atoms with Crippen LogP contribution in [0.4, 0.5) is 5.69 Å². The molecule has 0 atom stereocenters. The molecule has 23 heavy (non-hydrogen) atoms. The molecule has 1 aromatic carbocycles. The van der Waals surface area contributed by atoms with Gasteiger partial charge in [0.25, 0.3) is 0 Å². The molecule has 2 heterocycles. The maximum absolute atomic E-state index is 12.4. The molecular weight excluding hydrogens is 314 g/mol. The van der Waals surface area contributed by atoms with Crippen molar-refractivity contribution in [2.24, 2.45) is 0 Å². The summed E-state index contributed by atoms with van der Waals surface area (Å²) in [5.41, 5.74) is 2.47. The highest BCUT2D eigenvalue weighted by Gasteiger charge is 2.24. The molecule has 6 nitrogen and oxygen atoms in total. The van der Waals surface area contributed by atoms with Crippen LogP contribution in [-0.4, -0.2) is 25.9 Å². The first-order chi connectivity index (χ1) is 11.0. The van der Waals surface area contributed by atoms with Gasteiger partial charge in [0.05, 0.1) is 4.90 Å². The fraction of sp³-hybridized carbons (Fsp3) is 0.250. The van der Waals surface area contributed by atoms with Crippen molar-refractivity contribution in [2.75, 3.05) is 11.4 Å². The lowest BCUT2D eigenvalue weighted by Crippen LogP contribution is -2.26. The molecule has 0 radical (unpaired) electrons. The minimum atomic E-state index is -3.60. The van der Waals surface area contributed by atoms with Gasteiger partial charge in [0, 0.05) is 38.1 Å². The Labute approximate surface area is 135 Å². The zero-order valence-corrected chi connectivity index (χ0v) is 13.5. The van der Waals surface area contributed by atoms with Gasteiger partial charge in [0.1, 0.15) is 0 Å². The third-order valence-corrected chi connectivity index (χ3v) is 5.22. The molecular formula is C16H17N3O3S. The van der Waals surface area contributed by atoms with Crippen LogP contribution in [-0.2, 0) is 27.8 Å². The van der Waals surface area contributed by atoms with Crippen LogP contribution in [0.5, 0.6) is 0 Å². The Morgan fingerprint density at radius 2 is 2.17 bits per heavy atom. The summed E-state index contributed by atoms with van der Waals surface area (Å²) in [5.74, 6) is -0.0333. The topological polar surface area (TPSA) is 79.4 Å². The molecule has 7 heteroatoms. The molecule has 0 bridgehead atoms. The Balaban J connectivity index is 1.80. The third kappa shape index (κ3) is 3.25. The van der Waals surface area contributed by atoms with Gasteiger partial charge in [-0.05, 0) is 41.8 Å². The van der Waals surface area contributed by atoms with E-state index < -0.39 is 10.0 Å². The highest BCUT2D eigenvalue weighted by atomic mass is 32.2. The smallest absolute Gasteiger partial charge is 0.240 e. The van der Waals surface area contributed by atoms with Crippen molar-refractivity contribution in [3.05, 3.63) is 53.9 Å². The maximum Gasteiger partial charge on any atom is 0.240 e. The Kier molecular flexibility index (Phi) is 4.14. The summed E-state index contributed by atoms with van der Waals surface area (Å²) in [6.45, 7) is 2.29. The van der Waals surface area contributed by atoms with Crippen molar-refractivity contribution in [1.82, 2.24) is 9.71 Å². The number of sulfonamides is 1. The Hall–Kier alpha value is -2.25. The van der Waals surface area contributed by atoms with E-state index in [0.29, 0.717) is 13.0 Å². The summed E-state index contributed by atoms with van der Waals surface area (Å²) in [5, 5.41) is 0. The van der Waals surface area contributed by atoms with Crippen molar-refractivity contribution in [2.45, 2.75) is 24.8 Å². The molecule has 1 aromatic heterocycles. The fourth-order valence-electron chi connectivity index (χ4n) is 2.64. The number of carbonyl (C=O) groups excluding carboxylic acids is 1. The second-order valence-electron chi connectivity index (χ2n) is 5.40. The monoisotopic (exact) mass is 331 g/mol. The lowest BCUT2D eigenvalue weighted by atomic mass is 10.2. The summed E-state index contributed by atoms with van der Waals surface area (Å²) < 4.78 is 27.4. The van der Waals surface area contributed by atoms with Gasteiger partial charge >= 0.3 is 0 Å². The first-order valence-electron chi connectivity index (χ1n) is 7.27. The molecule has 0 saturated heterocycles. The van der Waals surface area contributed by atoms with Crippen molar-refractivity contribution in [1.29, 1.82) is 0 Å². The lowest BCUT2D eigenvalue weighted by Gasteiger charge is -2.15. The third-order valence-electron chi connectivity index (χ3n) is 3.83. The van der Waals surface area contributed by atoms with Crippen LogP contribution in [0, 0.1) is 0 Å². The van der Waals surface area contributed by atoms with Crippen molar-refractivity contribution >= 4 is 21.6 Å². The predicted octanol–water partition coefficient (Wildman–Crippen LogP) is 1.47. The van der Waals surface area contributed by atoms with E-state index in [1.165, 1.54) is 13.0 Å². The van der Waals surface area contributed by atoms with Gasteiger partial charge < -0.3 is 4.90 Å². The van der Waals surface area contributed by atoms with Crippen LogP contribution in [0.1, 0.15) is 18.1 Å². The zero-order chi connectivity index (χ0) is 16.4. The molecule has 1 amide bonds. The number of hydrogen-bond donors (Lipinski definition) is 1. The normalized spacial score (nSPS) is 13.9. The Bertz CT molecular complexity index is 835. The molecule has 1 aliphatic rings. The molecule has 1 N–H and O–H groups in total. The van der Waals surface area contributed by atoms with E-state index in [1.54, 1.807) is 35.5 Å². The average molecular weight is 331 g/mol. The fourth-order valence-corrected chi connectivity index (χ4v) is 3.70. The van der Waals surface area contributed by atoms with Crippen molar-refractivity contribution in [3.63, 3.8) is 0 Å². The van der Waals surface area contributed by atoms with Gasteiger partial charge in [-0.15, -0.1) is 0 Å². The molecule has 120 valence electrons. The summed E-state index contributed by atoms with van der Waals surface area (Å²) in [6, 6.07) is 8.44. The Morgan fingerprint density at radius 3 is 2.87 bits per heavy atom. The van der Waals surface area contributed by atoms with E-state index in [-0.39, 0.29) is 17.3 Å². The van der Waals surface area contributed by atoms with Gasteiger partial charge in [0.15, 0.2) is 0 Å². The quantitative estimate of drug-likeness (QED) is 0.920. The molecule has 0 unspecified atom stereocenters. The number of anilines is 1. The maximum atomic E-state index is 12.4. The SMILES string of the molecule is CC(=O)N1CCc2cc(S(=O)(=O)NCc3cccnc3)ccc21. The molecule has 0 fully saturated rings. The Morgan fingerprint density at radius 1 is 1.35 bits per heavy atom. The van der Waals surface area contributed by atoms with E-state index in [0.717, 1.165) is 16.8 Å². The van der Waals surface area contributed by atoms with E-state index in [4.69, 9.17) is 0 Å². The van der Waals surface area contributed by atoms with Gasteiger partial charge in [-0.3, -0.25) is 9.78 Å². The van der Waals surface area contributed by atoms with E-state index in [9.17, 15) is 13.2 Å². The highest BCUT2D eigenvalue weighted by molar-refractivity contribution is 7.89. The number of nitrogens with one attached hydrogen (secondary N) is 1. The number of amides is 1. The van der Waals surface area contributed by atoms with E-state index in [2.05, 4.69) is 9.71 Å². The first-order valence-corrected chi connectivity index (χ1v) is 8.75. The summed E-state index contributed by atoms with van der Waals surface area (Å²) in [4.78, 5) is 17.4. The number of benzene rings is 1. The van der Waals surface area contributed by atoms with Crippen LogP contribution in [0.3, 0.4) is 0 Å². The second-order valence-corrected chi connectivity index (χ2v) is 7.16. The second kappa shape index (κ2) is 6.10. The number of rotatable bonds is 4. The van der Waals surface area contributed by atoms with Crippen molar-refractivity contribution < 1.29 is 13.2 Å². The largest absolute Gasteiger partial charge is 0.312 e. The van der Waals surface area contributed by atoms with Crippen molar-refractivity contribution in [3.8, 4) is 0 Å². The molecule has 1 aliphatic heterocycles.